The van der Waals surface area contributed by atoms with E-state index < -0.39 is 5.97 Å². The summed E-state index contributed by atoms with van der Waals surface area (Å²) in [5, 5.41) is 20.7. The third-order valence-electron chi connectivity index (χ3n) is 1.89. The van der Waals surface area contributed by atoms with Gasteiger partial charge >= 0.3 is 5.97 Å². The number of anilines is 1. The van der Waals surface area contributed by atoms with Gasteiger partial charge in [0.2, 0.25) is 0 Å². The van der Waals surface area contributed by atoms with Crippen LogP contribution < -0.4 is 5.32 Å². The molecule has 0 bridgehead atoms. The second-order valence-electron chi connectivity index (χ2n) is 3.22. The third-order valence-corrected chi connectivity index (χ3v) is 2.38. The molecule has 15 heavy (non-hydrogen) atoms. The molecule has 1 unspecified atom stereocenters. The Kier molecular flexibility index (Phi) is 4.11. The van der Waals surface area contributed by atoms with Gasteiger partial charge in [0.05, 0.1) is 17.9 Å². The van der Waals surface area contributed by atoms with Gasteiger partial charge in [0.1, 0.15) is 0 Å². The van der Waals surface area contributed by atoms with Gasteiger partial charge in [0, 0.05) is 10.5 Å². The molecule has 1 rings (SSSR count). The zero-order valence-electron chi connectivity index (χ0n) is 8.20. The maximum absolute atomic E-state index is 10.9. The van der Waals surface area contributed by atoms with E-state index >= 15 is 0 Å². The Labute approximate surface area is 96.1 Å². The van der Waals surface area contributed by atoms with Crippen LogP contribution in [0.4, 0.5) is 5.69 Å². The Bertz CT molecular complexity index is 368. The second kappa shape index (κ2) is 5.14. The average molecular weight is 274 g/mol. The first-order chi connectivity index (χ1) is 7.04. The highest BCUT2D eigenvalue weighted by Gasteiger charge is 2.11. The Morgan fingerprint density at radius 1 is 1.60 bits per heavy atom. The van der Waals surface area contributed by atoms with Gasteiger partial charge in [-0.05, 0) is 25.1 Å². The van der Waals surface area contributed by atoms with Crippen LogP contribution in [0.1, 0.15) is 17.3 Å². The molecule has 0 radical (unpaired) electrons. The number of aliphatic hydroxyl groups is 1. The standard InChI is InChI=1S/C10H12BrNO3/c1-6(5-13)12-9-4-7(11)2-3-8(9)10(14)15/h2-4,6,12-13H,5H2,1H3,(H,14,15). The lowest BCUT2D eigenvalue weighted by molar-refractivity contribution is 0.0698. The monoisotopic (exact) mass is 273 g/mol. The largest absolute Gasteiger partial charge is 0.478 e. The molecule has 1 atom stereocenters. The number of carbonyl (C=O) groups is 1. The molecular weight excluding hydrogens is 262 g/mol. The molecule has 0 saturated carbocycles. The fourth-order valence-electron chi connectivity index (χ4n) is 1.13. The first kappa shape index (κ1) is 12.0. The van der Waals surface area contributed by atoms with Gasteiger partial charge in [-0.25, -0.2) is 4.79 Å². The minimum Gasteiger partial charge on any atom is -0.478 e. The van der Waals surface area contributed by atoms with Gasteiger partial charge in [-0.3, -0.25) is 0 Å². The molecule has 1 aromatic carbocycles. The van der Waals surface area contributed by atoms with Crippen molar-refractivity contribution < 1.29 is 15.0 Å². The predicted octanol–water partition coefficient (Wildman–Crippen LogP) is 1.94. The van der Waals surface area contributed by atoms with Crippen LogP contribution in [0.5, 0.6) is 0 Å². The fraction of sp³-hybridized carbons (Fsp3) is 0.300. The molecular formula is C10H12BrNO3. The number of aromatic carboxylic acids is 1. The first-order valence-corrected chi connectivity index (χ1v) is 5.24. The molecule has 0 heterocycles. The zero-order chi connectivity index (χ0) is 11.4. The van der Waals surface area contributed by atoms with E-state index in [0.29, 0.717) is 5.69 Å². The normalized spacial score (nSPS) is 12.2. The highest BCUT2D eigenvalue weighted by Crippen LogP contribution is 2.22. The maximum atomic E-state index is 10.9. The van der Waals surface area contributed by atoms with Gasteiger partial charge in [-0.2, -0.15) is 0 Å². The number of rotatable bonds is 4. The molecule has 82 valence electrons. The quantitative estimate of drug-likeness (QED) is 0.784. The van der Waals surface area contributed by atoms with Gasteiger partial charge < -0.3 is 15.5 Å². The first-order valence-electron chi connectivity index (χ1n) is 4.45. The SMILES string of the molecule is CC(CO)Nc1cc(Br)ccc1C(=O)O. The summed E-state index contributed by atoms with van der Waals surface area (Å²) in [4.78, 5) is 10.9. The summed E-state index contributed by atoms with van der Waals surface area (Å²) < 4.78 is 0.792. The molecule has 0 aliphatic rings. The number of hydrogen-bond acceptors (Lipinski definition) is 3. The Balaban J connectivity index is 3.02. The highest BCUT2D eigenvalue weighted by atomic mass is 79.9. The summed E-state index contributed by atoms with van der Waals surface area (Å²) in [5.74, 6) is -0.991. The van der Waals surface area contributed by atoms with E-state index in [1.54, 1.807) is 19.1 Å². The predicted molar refractivity (Wildman–Crippen MR) is 61.3 cm³/mol. The van der Waals surface area contributed by atoms with Crippen molar-refractivity contribution >= 4 is 27.6 Å². The molecule has 0 spiro atoms. The van der Waals surface area contributed by atoms with E-state index in [-0.39, 0.29) is 18.2 Å². The van der Waals surface area contributed by atoms with Crippen LogP contribution in [0, 0.1) is 0 Å². The molecule has 0 saturated heterocycles. The van der Waals surface area contributed by atoms with Gasteiger partial charge in [0.25, 0.3) is 0 Å². The van der Waals surface area contributed by atoms with Crippen molar-refractivity contribution in [3.05, 3.63) is 28.2 Å². The number of carboxylic acid groups (broad SMARTS) is 1. The van der Waals surface area contributed by atoms with E-state index in [4.69, 9.17) is 10.2 Å². The van der Waals surface area contributed by atoms with Gasteiger partial charge in [-0.15, -0.1) is 0 Å². The van der Waals surface area contributed by atoms with Crippen molar-refractivity contribution in [2.75, 3.05) is 11.9 Å². The van der Waals surface area contributed by atoms with E-state index in [0.717, 1.165) is 4.47 Å². The fourth-order valence-corrected chi connectivity index (χ4v) is 1.49. The summed E-state index contributed by atoms with van der Waals surface area (Å²) in [6.45, 7) is 1.72. The summed E-state index contributed by atoms with van der Waals surface area (Å²) in [6, 6.07) is 4.67. The van der Waals surface area contributed by atoms with E-state index in [1.807, 2.05) is 0 Å². The van der Waals surface area contributed by atoms with Crippen LogP contribution in [0.25, 0.3) is 0 Å². The average Bonchev–Trinajstić information content (AvgIpc) is 2.17. The molecule has 4 nitrogen and oxygen atoms in total. The molecule has 0 fully saturated rings. The number of halogens is 1. The van der Waals surface area contributed by atoms with Crippen LogP contribution in [0.3, 0.4) is 0 Å². The van der Waals surface area contributed by atoms with Crippen LogP contribution >= 0.6 is 15.9 Å². The molecule has 0 amide bonds. The molecule has 3 N–H and O–H groups in total. The smallest absolute Gasteiger partial charge is 0.337 e. The summed E-state index contributed by atoms with van der Waals surface area (Å²) in [7, 11) is 0. The lowest BCUT2D eigenvalue weighted by Crippen LogP contribution is -2.20. The Hall–Kier alpha value is -1.07. The molecule has 0 aromatic heterocycles. The van der Waals surface area contributed by atoms with Crippen molar-refractivity contribution in [2.45, 2.75) is 13.0 Å². The van der Waals surface area contributed by atoms with Crippen LogP contribution in [0.2, 0.25) is 0 Å². The summed E-state index contributed by atoms with van der Waals surface area (Å²) >= 11 is 3.26. The number of carboxylic acids is 1. The molecule has 1 aromatic rings. The molecule has 5 heteroatoms. The zero-order valence-corrected chi connectivity index (χ0v) is 9.78. The van der Waals surface area contributed by atoms with Crippen LogP contribution in [0.15, 0.2) is 22.7 Å². The van der Waals surface area contributed by atoms with Crippen molar-refractivity contribution in [1.29, 1.82) is 0 Å². The van der Waals surface area contributed by atoms with Crippen molar-refractivity contribution in [1.82, 2.24) is 0 Å². The topological polar surface area (TPSA) is 69.6 Å². The Morgan fingerprint density at radius 3 is 2.80 bits per heavy atom. The van der Waals surface area contributed by atoms with Crippen LogP contribution in [-0.2, 0) is 0 Å². The van der Waals surface area contributed by atoms with Gasteiger partial charge in [0.15, 0.2) is 0 Å². The second-order valence-corrected chi connectivity index (χ2v) is 4.14. The number of aliphatic hydroxyl groups excluding tert-OH is 1. The molecule has 0 aliphatic carbocycles. The van der Waals surface area contributed by atoms with Crippen molar-refractivity contribution in [3.63, 3.8) is 0 Å². The minimum atomic E-state index is -0.991. The third kappa shape index (κ3) is 3.21. The number of nitrogens with one attached hydrogen (secondary N) is 1. The van der Waals surface area contributed by atoms with E-state index in [9.17, 15) is 4.79 Å². The summed E-state index contributed by atoms with van der Waals surface area (Å²) in [5.41, 5.74) is 0.692. The maximum Gasteiger partial charge on any atom is 0.337 e. The number of hydrogen-bond donors (Lipinski definition) is 3. The van der Waals surface area contributed by atoms with E-state index in [2.05, 4.69) is 21.2 Å². The lowest BCUT2D eigenvalue weighted by Gasteiger charge is -2.14. The van der Waals surface area contributed by atoms with Crippen molar-refractivity contribution in [2.24, 2.45) is 0 Å². The Morgan fingerprint density at radius 2 is 2.27 bits per heavy atom. The minimum absolute atomic E-state index is 0.0500. The van der Waals surface area contributed by atoms with Crippen LogP contribution in [-0.4, -0.2) is 28.8 Å². The van der Waals surface area contributed by atoms with E-state index in [1.165, 1.54) is 6.07 Å². The lowest BCUT2D eigenvalue weighted by atomic mass is 10.1. The van der Waals surface area contributed by atoms with Gasteiger partial charge in [-0.1, -0.05) is 15.9 Å². The molecule has 0 aliphatic heterocycles. The highest BCUT2D eigenvalue weighted by molar-refractivity contribution is 9.10. The van der Waals surface area contributed by atoms with Crippen molar-refractivity contribution in [3.8, 4) is 0 Å². The number of benzene rings is 1. The summed E-state index contributed by atoms with van der Waals surface area (Å²) in [6.07, 6.45) is 0.